The van der Waals surface area contributed by atoms with Crippen molar-refractivity contribution in [2.75, 3.05) is 11.5 Å². The number of rotatable bonds is 4. The van der Waals surface area contributed by atoms with Gasteiger partial charge in [0.15, 0.2) is 5.16 Å². The van der Waals surface area contributed by atoms with Crippen molar-refractivity contribution >= 4 is 40.5 Å². The van der Waals surface area contributed by atoms with E-state index in [0.717, 1.165) is 28.4 Å². The zero-order chi connectivity index (χ0) is 17.2. The third-order valence-corrected chi connectivity index (χ3v) is 6.52. The molecule has 1 aliphatic rings. The summed E-state index contributed by atoms with van der Waals surface area (Å²) >= 11 is 3.35. The number of imidazole rings is 1. The van der Waals surface area contributed by atoms with E-state index >= 15 is 0 Å². The van der Waals surface area contributed by atoms with Crippen LogP contribution in [0, 0.1) is 0 Å². The summed E-state index contributed by atoms with van der Waals surface area (Å²) in [6.45, 7) is 0. The van der Waals surface area contributed by atoms with E-state index in [1.165, 1.54) is 22.2 Å². The number of nitrogens with zero attached hydrogens (tertiary/aromatic N) is 2. The van der Waals surface area contributed by atoms with Crippen LogP contribution < -0.4 is 5.32 Å². The highest BCUT2D eigenvalue weighted by molar-refractivity contribution is 7.99. The molecule has 0 unspecified atom stereocenters. The van der Waals surface area contributed by atoms with Gasteiger partial charge in [-0.2, -0.15) is 0 Å². The molecule has 2 aromatic carbocycles. The lowest BCUT2D eigenvalue weighted by Crippen LogP contribution is -2.31. The van der Waals surface area contributed by atoms with Gasteiger partial charge in [0.25, 0.3) is 0 Å². The van der Waals surface area contributed by atoms with Gasteiger partial charge in [-0.25, -0.2) is 4.98 Å². The second kappa shape index (κ2) is 7.14. The molecule has 1 atom stereocenters. The SMILES string of the molecule is Cn1c(SCC(=O)N[C@H]2CCSc3ccccc32)nc2ccccc21. The van der Waals surface area contributed by atoms with Gasteiger partial charge in [0, 0.05) is 17.7 Å². The third kappa shape index (κ3) is 3.41. The van der Waals surface area contributed by atoms with Crippen molar-refractivity contribution in [2.45, 2.75) is 22.5 Å². The molecule has 4 nitrogen and oxygen atoms in total. The van der Waals surface area contributed by atoms with Crippen LogP contribution in [0.25, 0.3) is 11.0 Å². The van der Waals surface area contributed by atoms with E-state index in [-0.39, 0.29) is 11.9 Å². The van der Waals surface area contributed by atoms with Crippen molar-refractivity contribution in [1.82, 2.24) is 14.9 Å². The Morgan fingerprint density at radius 3 is 2.96 bits per heavy atom. The minimum absolute atomic E-state index is 0.0590. The number of aryl methyl sites for hydroxylation is 1. The van der Waals surface area contributed by atoms with Crippen LogP contribution in [0.4, 0.5) is 0 Å². The summed E-state index contributed by atoms with van der Waals surface area (Å²) in [7, 11) is 1.99. The van der Waals surface area contributed by atoms with Crippen molar-refractivity contribution in [2.24, 2.45) is 7.05 Å². The number of para-hydroxylation sites is 2. The van der Waals surface area contributed by atoms with Crippen molar-refractivity contribution in [3.63, 3.8) is 0 Å². The minimum atomic E-state index is 0.0590. The van der Waals surface area contributed by atoms with E-state index in [0.29, 0.717) is 5.75 Å². The maximum Gasteiger partial charge on any atom is 0.230 e. The van der Waals surface area contributed by atoms with Crippen LogP contribution in [-0.4, -0.2) is 27.0 Å². The molecule has 2 heterocycles. The van der Waals surface area contributed by atoms with Gasteiger partial charge >= 0.3 is 0 Å². The van der Waals surface area contributed by atoms with Crippen LogP contribution in [0.2, 0.25) is 0 Å². The van der Waals surface area contributed by atoms with E-state index in [4.69, 9.17) is 0 Å². The first-order valence-electron chi connectivity index (χ1n) is 8.28. The maximum absolute atomic E-state index is 12.4. The second-order valence-electron chi connectivity index (χ2n) is 6.03. The highest BCUT2D eigenvalue weighted by Gasteiger charge is 2.22. The van der Waals surface area contributed by atoms with Crippen molar-refractivity contribution in [3.05, 3.63) is 54.1 Å². The lowest BCUT2D eigenvalue weighted by Gasteiger charge is -2.25. The molecule has 0 radical (unpaired) electrons. The molecule has 0 saturated carbocycles. The van der Waals surface area contributed by atoms with Crippen LogP contribution in [-0.2, 0) is 11.8 Å². The number of carbonyl (C=O) groups excluding carboxylic acids is 1. The summed E-state index contributed by atoms with van der Waals surface area (Å²) in [5, 5.41) is 4.06. The van der Waals surface area contributed by atoms with E-state index in [1.807, 2.05) is 53.7 Å². The number of carbonyl (C=O) groups is 1. The summed E-state index contributed by atoms with van der Waals surface area (Å²) in [5.74, 6) is 1.48. The maximum atomic E-state index is 12.4. The average Bonchev–Trinajstić information content (AvgIpc) is 2.97. The normalized spacial score (nSPS) is 16.6. The Balaban J connectivity index is 1.42. The van der Waals surface area contributed by atoms with Crippen molar-refractivity contribution < 1.29 is 4.79 Å². The molecule has 0 spiro atoms. The summed E-state index contributed by atoms with van der Waals surface area (Å²) in [6.07, 6.45) is 0.977. The van der Waals surface area contributed by atoms with Crippen LogP contribution >= 0.6 is 23.5 Å². The number of hydrogen-bond acceptors (Lipinski definition) is 4. The van der Waals surface area contributed by atoms with E-state index < -0.39 is 0 Å². The highest BCUT2D eigenvalue weighted by Crippen LogP contribution is 2.35. The number of hydrogen-bond donors (Lipinski definition) is 1. The number of thioether (sulfide) groups is 2. The minimum Gasteiger partial charge on any atom is -0.348 e. The molecule has 1 N–H and O–H groups in total. The van der Waals surface area contributed by atoms with Crippen LogP contribution in [0.1, 0.15) is 18.0 Å². The molecule has 0 bridgehead atoms. The van der Waals surface area contributed by atoms with Gasteiger partial charge in [-0.05, 0) is 30.2 Å². The zero-order valence-electron chi connectivity index (χ0n) is 13.9. The molecule has 25 heavy (non-hydrogen) atoms. The molecule has 1 amide bonds. The Morgan fingerprint density at radius 2 is 2.08 bits per heavy atom. The van der Waals surface area contributed by atoms with Crippen molar-refractivity contribution in [1.29, 1.82) is 0 Å². The van der Waals surface area contributed by atoms with Gasteiger partial charge in [-0.1, -0.05) is 42.1 Å². The molecule has 1 aliphatic heterocycles. The molecule has 4 rings (SSSR count). The van der Waals surface area contributed by atoms with Gasteiger partial charge in [-0.15, -0.1) is 11.8 Å². The number of aromatic nitrogens is 2. The molecule has 0 fully saturated rings. The Kier molecular flexibility index (Phi) is 4.72. The molecular weight excluding hydrogens is 350 g/mol. The molecule has 1 aromatic heterocycles. The first kappa shape index (κ1) is 16.5. The third-order valence-electron chi connectivity index (χ3n) is 4.37. The molecule has 6 heteroatoms. The second-order valence-corrected chi connectivity index (χ2v) is 8.11. The number of nitrogens with one attached hydrogen (secondary N) is 1. The fourth-order valence-electron chi connectivity index (χ4n) is 3.11. The Labute approximate surface area is 155 Å². The van der Waals surface area contributed by atoms with E-state index in [2.05, 4.69) is 28.5 Å². The number of amides is 1. The predicted octanol–water partition coefficient (Wildman–Crippen LogP) is 4.02. The van der Waals surface area contributed by atoms with Crippen LogP contribution in [0.15, 0.2) is 58.6 Å². The summed E-state index contributed by atoms with van der Waals surface area (Å²) < 4.78 is 2.04. The van der Waals surface area contributed by atoms with Gasteiger partial charge in [0.05, 0.1) is 22.8 Å². The first-order chi connectivity index (χ1) is 12.2. The fraction of sp³-hybridized carbons (Fsp3) is 0.263. The molecular formula is C19H19N3OS2. The van der Waals surface area contributed by atoms with Gasteiger partial charge in [0.2, 0.25) is 5.91 Å². The smallest absolute Gasteiger partial charge is 0.230 e. The molecule has 3 aromatic rings. The molecule has 0 saturated heterocycles. The predicted molar refractivity (Wildman–Crippen MR) is 104 cm³/mol. The quantitative estimate of drug-likeness (QED) is 0.706. The number of benzene rings is 2. The van der Waals surface area contributed by atoms with Gasteiger partial charge in [0.1, 0.15) is 0 Å². The molecule has 128 valence electrons. The number of fused-ring (bicyclic) bond motifs is 2. The summed E-state index contributed by atoms with van der Waals surface area (Å²) in [4.78, 5) is 18.3. The van der Waals surface area contributed by atoms with Crippen LogP contribution in [0.5, 0.6) is 0 Å². The zero-order valence-corrected chi connectivity index (χ0v) is 15.6. The average molecular weight is 370 g/mol. The fourth-order valence-corrected chi connectivity index (χ4v) is 5.03. The Bertz CT molecular complexity index is 922. The van der Waals surface area contributed by atoms with Gasteiger partial charge < -0.3 is 9.88 Å². The lowest BCUT2D eigenvalue weighted by molar-refractivity contribution is -0.119. The van der Waals surface area contributed by atoms with Gasteiger partial charge in [-0.3, -0.25) is 4.79 Å². The van der Waals surface area contributed by atoms with Crippen LogP contribution in [0.3, 0.4) is 0 Å². The Hall–Kier alpha value is -1.92. The topological polar surface area (TPSA) is 46.9 Å². The lowest BCUT2D eigenvalue weighted by atomic mass is 10.0. The summed E-state index contributed by atoms with van der Waals surface area (Å²) in [6, 6.07) is 16.5. The standard InChI is InChI=1S/C19H19N3OS2/c1-22-16-8-4-3-7-15(16)21-19(22)25-12-18(23)20-14-10-11-24-17-9-5-2-6-13(14)17/h2-9,14H,10-12H2,1H3,(H,20,23)/t14-/m0/s1. The molecule has 0 aliphatic carbocycles. The monoisotopic (exact) mass is 369 g/mol. The highest BCUT2D eigenvalue weighted by atomic mass is 32.2. The summed E-state index contributed by atoms with van der Waals surface area (Å²) in [5.41, 5.74) is 3.29. The largest absolute Gasteiger partial charge is 0.348 e. The Morgan fingerprint density at radius 1 is 1.28 bits per heavy atom. The van der Waals surface area contributed by atoms with E-state index in [9.17, 15) is 4.79 Å². The van der Waals surface area contributed by atoms with E-state index in [1.54, 1.807) is 0 Å². The van der Waals surface area contributed by atoms with Crippen molar-refractivity contribution in [3.8, 4) is 0 Å². The first-order valence-corrected chi connectivity index (χ1v) is 10.2.